The zero-order valence-electron chi connectivity index (χ0n) is 21.0. The SMILES string of the molecule is C.Cc1cccc(CC(=O)Cc2ccc(Oc3ccnc(-c4cc(C(=O)N5CC[C@@H](O)C5)c[nH]4)c3)cc2F)c1. The lowest BCUT2D eigenvalue weighted by molar-refractivity contribution is -0.117. The topological polar surface area (TPSA) is 95.5 Å². The molecule has 1 fully saturated rings. The summed E-state index contributed by atoms with van der Waals surface area (Å²) in [5, 5.41) is 9.70. The minimum atomic E-state index is -0.506. The summed E-state index contributed by atoms with van der Waals surface area (Å²) >= 11 is 0. The predicted molar refractivity (Wildman–Crippen MR) is 147 cm³/mol. The molecule has 0 unspecified atom stereocenters. The highest BCUT2D eigenvalue weighted by molar-refractivity contribution is 5.95. The van der Waals surface area contributed by atoms with Gasteiger partial charge >= 0.3 is 0 Å². The minimum absolute atomic E-state index is 0. The molecule has 1 atom stereocenters. The Morgan fingerprint density at radius 2 is 1.92 bits per heavy atom. The first-order chi connectivity index (χ1) is 18.3. The molecule has 0 radical (unpaired) electrons. The highest BCUT2D eigenvalue weighted by Gasteiger charge is 2.26. The molecule has 202 valence electrons. The quantitative estimate of drug-likeness (QED) is 0.314. The number of aromatic nitrogens is 2. The number of pyridine rings is 1. The van der Waals surface area contributed by atoms with E-state index in [4.69, 9.17) is 4.74 Å². The van der Waals surface area contributed by atoms with Gasteiger partial charge in [0.05, 0.1) is 23.1 Å². The highest BCUT2D eigenvalue weighted by Crippen LogP contribution is 2.27. The van der Waals surface area contributed by atoms with Crippen molar-refractivity contribution in [2.75, 3.05) is 13.1 Å². The van der Waals surface area contributed by atoms with Crippen LogP contribution in [0.2, 0.25) is 0 Å². The number of hydrogen-bond acceptors (Lipinski definition) is 5. The lowest BCUT2D eigenvalue weighted by Gasteiger charge is -2.13. The van der Waals surface area contributed by atoms with E-state index in [2.05, 4.69) is 9.97 Å². The van der Waals surface area contributed by atoms with Crippen LogP contribution in [0.25, 0.3) is 11.4 Å². The fourth-order valence-corrected chi connectivity index (χ4v) is 4.59. The van der Waals surface area contributed by atoms with Crippen molar-refractivity contribution < 1.29 is 23.8 Å². The van der Waals surface area contributed by atoms with Gasteiger partial charge in [0.15, 0.2) is 0 Å². The van der Waals surface area contributed by atoms with Crippen LogP contribution >= 0.6 is 0 Å². The first kappa shape index (κ1) is 27.7. The van der Waals surface area contributed by atoms with Crippen LogP contribution in [0.3, 0.4) is 0 Å². The molecule has 0 aliphatic carbocycles. The van der Waals surface area contributed by atoms with Crippen LogP contribution in [-0.2, 0) is 17.6 Å². The Bertz CT molecular complexity index is 1480. The Hall–Kier alpha value is -4.30. The molecule has 2 aromatic carbocycles. The maximum Gasteiger partial charge on any atom is 0.255 e. The number of carbonyl (C=O) groups excluding carboxylic acids is 2. The summed E-state index contributed by atoms with van der Waals surface area (Å²) in [6, 6.07) is 17.3. The molecule has 3 heterocycles. The van der Waals surface area contributed by atoms with E-state index in [9.17, 15) is 19.1 Å². The number of halogens is 1. The van der Waals surface area contributed by atoms with Gasteiger partial charge in [-0.15, -0.1) is 0 Å². The largest absolute Gasteiger partial charge is 0.457 e. The van der Waals surface area contributed by atoms with E-state index in [1.165, 1.54) is 6.07 Å². The number of aromatic amines is 1. The average Bonchev–Trinajstić information content (AvgIpc) is 3.55. The number of H-pyrrole nitrogens is 1. The number of benzene rings is 2. The van der Waals surface area contributed by atoms with Crippen LogP contribution in [0, 0.1) is 12.7 Å². The molecule has 5 rings (SSSR count). The smallest absolute Gasteiger partial charge is 0.255 e. The van der Waals surface area contributed by atoms with Gasteiger partial charge in [-0.2, -0.15) is 0 Å². The van der Waals surface area contributed by atoms with E-state index in [1.807, 2.05) is 31.2 Å². The van der Waals surface area contributed by atoms with Crippen molar-refractivity contribution in [3.8, 4) is 22.9 Å². The second-order valence-electron chi connectivity index (χ2n) is 9.61. The van der Waals surface area contributed by atoms with Crippen molar-refractivity contribution in [1.29, 1.82) is 0 Å². The Labute approximate surface area is 227 Å². The number of aliphatic hydroxyl groups is 1. The van der Waals surface area contributed by atoms with Gasteiger partial charge < -0.3 is 19.7 Å². The lowest BCUT2D eigenvalue weighted by atomic mass is 10.0. The van der Waals surface area contributed by atoms with E-state index >= 15 is 0 Å². The molecule has 1 aliphatic rings. The fourth-order valence-electron chi connectivity index (χ4n) is 4.59. The zero-order valence-corrected chi connectivity index (χ0v) is 21.0. The number of carbonyl (C=O) groups is 2. The maximum absolute atomic E-state index is 14.8. The Balaban J connectivity index is 0.00000353. The van der Waals surface area contributed by atoms with Crippen LogP contribution < -0.4 is 4.74 Å². The first-order valence-electron chi connectivity index (χ1n) is 12.5. The molecule has 0 saturated carbocycles. The number of aliphatic hydroxyl groups excluding tert-OH is 1. The molecule has 4 aromatic rings. The van der Waals surface area contributed by atoms with Gasteiger partial charge in [0, 0.05) is 50.5 Å². The van der Waals surface area contributed by atoms with Crippen molar-refractivity contribution >= 4 is 11.7 Å². The van der Waals surface area contributed by atoms with Gasteiger partial charge in [0.2, 0.25) is 0 Å². The molecular weight excluding hydrogens is 497 g/mol. The summed E-state index contributed by atoms with van der Waals surface area (Å²) < 4.78 is 20.6. The van der Waals surface area contributed by atoms with Crippen LogP contribution in [0.1, 0.15) is 40.9 Å². The van der Waals surface area contributed by atoms with E-state index < -0.39 is 11.9 Å². The monoisotopic (exact) mass is 529 g/mol. The van der Waals surface area contributed by atoms with E-state index in [0.29, 0.717) is 53.5 Å². The van der Waals surface area contributed by atoms with E-state index in [-0.39, 0.29) is 32.0 Å². The normalized spacial score (nSPS) is 14.6. The summed E-state index contributed by atoms with van der Waals surface area (Å²) in [6.45, 7) is 2.83. The van der Waals surface area contributed by atoms with Crippen LogP contribution in [0.4, 0.5) is 4.39 Å². The second-order valence-corrected chi connectivity index (χ2v) is 9.61. The fraction of sp³-hybridized carbons (Fsp3) is 0.258. The van der Waals surface area contributed by atoms with Crippen molar-refractivity contribution in [2.24, 2.45) is 0 Å². The van der Waals surface area contributed by atoms with Crippen molar-refractivity contribution in [2.45, 2.75) is 39.7 Å². The molecule has 1 saturated heterocycles. The molecule has 8 heteroatoms. The third-order valence-electron chi connectivity index (χ3n) is 6.52. The average molecular weight is 530 g/mol. The van der Waals surface area contributed by atoms with Gasteiger partial charge in [-0.05, 0) is 42.7 Å². The number of β-amino-alcohol motifs (C(OH)–C–C–N with tert-alkyl or cyclic N) is 1. The molecule has 1 aliphatic heterocycles. The maximum atomic E-state index is 14.8. The molecule has 7 nitrogen and oxygen atoms in total. The van der Waals surface area contributed by atoms with Crippen molar-refractivity contribution in [3.05, 3.63) is 101 Å². The Morgan fingerprint density at radius 1 is 1.10 bits per heavy atom. The number of nitrogens with one attached hydrogen (secondary N) is 1. The summed E-state index contributed by atoms with van der Waals surface area (Å²) in [7, 11) is 0. The molecule has 39 heavy (non-hydrogen) atoms. The van der Waals surface area contributed by atoms with Crippen LogP contribution in [0.5, 0.6) is 11.5 Å². The van der Waals surface area contributed by atoms with Gasteiger partial charge in [0.25, 0.3) is 5.91 Å². The lowest BCUT2D eigenvalue weighted by Crippen LogP contribution is -2.29. The number of amides is 1. The molecule has 2 aromatic heterocycles. The predicted octanol–water partition coefficient (Wildman–Crippen LogP) is 5.51. The number of Topliss-reactive ketones (excluding diaryl/α,β-unsaturated/α-hetero) is 1. The third kappa shape index (κ3) is 6.78. The molecule has 2 N–H and O–H groups in total. The van der Waals surface area contributed by atoms with Gasteiger partial charge in [0.1, 0.15) is 23.1 Å². The van der Waals surface area contributed by atoms with Crippen molar-refractivity contribution in [1.82, 2.24) is 14.9 Å². The number of rotatable bonds is 8. The zero-order chi connectivity index (χ0) is 26.6. The number of hydrogen-bond donors (Lipinski definition) is 2. The Kier molecular flexibility index (Phi) is 8.56. The molecule has 1 amide bonds. The standard InChI is InChI=1S/C30H28FN3O4.CH4/c1-19-3-2-4-20(11-19)12-24(36)13-21-5-6-25(15-27(21)31)38-26-7-9-32-29(16-26)28-14-22(17-33-28)30(37)34-10-8-23(35)18-34;/h2-7,9,11,14-17,23,33,35H,8,10,12-13,18H2,1H3;1H4/t23-;/m1./s1. The van der Waals surface area contributed by atoms with Gasteiger partial charge in [-0.25, -0.2) is 4.39 Å². The number of likely N-dealkylation sites (tertiary alicyclic amines) is 1. The highest BCUT2D eigenvalue weighted by atomic mass is 19.1. The number of ketones is 1. The van der Waals surface area contributed by atoms with Crippen molar-refractivity contribution in [3.63, 3.8) is 0 Å². The summed E-state index contributed by atoms with van der Waals surface area (Å²) in [5.41, 5.74) is 3.98. The summed E-state index contributed by atoms with van der Waals surface area (Å²) in [4.78, 5) is 34.2. The molecular formula is C31H32FN3O4. The first-order valence-corrected chi connectivity index (χ1v) is 12.5. The van der Waals surface area contributed by atoms with Crippen LogP contribution in [0.15, 0.2) is 73.1 Å². The molecule has 0 spiro atoms. The van der Waals surface area contributed by atoms with E-state index in [0.717, 1.165) is 11.1 Å². The third-order valence-corrected chi connectivity index (χ3v) is 6.52. The minimum Gasteiger partial charge on any atom is -0.457 e. The Morgan fingerprint density at radius 3 is 2.67 bits per heavy atom. The van der Waals surface area contributed by atoms with Gasteiger partial charge in [-0.1, -0.05) is 43.3 Å². The number of aryl methyl sites for hydroxylation is 1. The molecule has 0 bridgehead atoms. The van der Waals surface area contributed by atoms with E-state index in [1.54, 1.807) is 47.6 Å². The van der Waals surface area contributed by atoms with Crippen LogP contribution in [-0.4, -0.2) is 50.9 Å². The number of nitrogens with zero attached hydrogens (tertiary/aromatic N) is 2. The second kappa shape index (κ2) is 12.0. The summed E-state index contributed by atoms with van der Waals surface area (Å²) in [6.07, 6.45) is 3.54. The number of ether oxygens (including phenoxy) is 1. The summed E-state index contributed by atoms with van der Waals surface area (Å²) in [5.74, 6) is 0.0252. The van der Waals surface area contributed by atoms with Gasteiger partial charge in [-0.3, -0.25) is 14.6 Å².